The summed E-state index contributed by atoms with van der Waals surface area (Å²) in [6, 6.07) is 12.3. The van der Waals surface area contributed by atoms with Crippen LogP contribution in [0.15, 0.2) is 42.5 Å². The summed E-state index contributed by atoms with van der Waals surface area (Å²) in [5.74, 6) is -1.35. The van der Waals surface area contributed by atoms with Crippen LogP contribution in [-0.2, 0) is 25.5 Å². The average Bonchev–Trinajstić information content (AvgIpc) is 2.64. The van der Waals surface area contributed by atoms with Gasteiger partial charge < -0.3 is 15.4 Å². The summed E-state index contributed by atoms with van der Waals surface area (Å²) in [5.41, 5.74) is 0.907. The molecular weight excluding hydrogens is 344 g/mol. The van der Waals surface area contributed by atoms with Crippen molar-refractivity contribution in [2.24, 2.45) is 5.92 Å². The molecule has 2 aromatic rings. The number of amides is 2. The topological polar surface area (TPSA) is 84.5 Å². The predicted octanol–water partition coefficient (Wildman–Crippen LogP) is 2.20. The van der Waals surface area contributed by atoms with Crippen LogP contribution in [0.3, 0.4) is 0 Å². The Morgan fingerprint density at radius 3 is 2.26 bits per heavy atom. The number of esters is 1. The van der Waals surface area contributed by atoms with Gasteiger partial charge in [-0.1, -0.05) is 56.3 Å². The molecule has 0 saturated heterocycles. The van der Waals surface area contributed by atoms with Gasteiger partial charge in [0.25, 0.3) is 0 Å². The van der Waals surface area contributed by atoms with Crippen molar-refractivity contribution in [1.82, 2.24) is 10.6 Å². The fourth-order valence-corrected chi connectivity index (χ4v) is 2.95. The van der Waals surface area contributed by atoms with Gasteiger partial charge in [0.15, 0.2) is 0 Å². The lowest BCUT2D eigenvalue weighted by atomic mass is 10.00. The van der Waals surface area contributed by atoms with E-state index in [2.05, 4.69) is 10.6 Å². The maximum Gasteiger partial charge on any atom is 0.328 e. The summed E-state index contributed by atoms with van der Waals surface area (Å²) in [4.78, 5) is 36.2. The summed E-state index contributed by atoms with van der Waals surface area (Å²) in [7, 11) is 1.29. The molecule has 144 valence electrons. The highest BCUT2D eigenvalue weighted by Gasteiger charge is 2.28. The molecule has 27 heavy (non-hydrogen) atoms. The van der Waals surface area contributed by atoms with Crippen molar-refractivity contribution in [3.8, 4) is 0 Å². The number of methoxy groups -OCH3 is 1. The quantitative estimate of drug-likeness (QED) is 0.732. The van der Waals surface area contributed by atoms with Crippen molar-refractivity contribution < 1.29 is 19.1 Å². The van der Waals surface area contributed by atoms with E-state index in [-0.39, 0.29) is 11.8 Å². The lowest BCUT2D eigenvalue weighted by Gasteiger charge is -2.24. The molecule has 2 aromatic carbocycles. The second-order valence-corrected chi connectivity index (χ2v) is 6.89. The highest BCUT2D eigenvalue weighted by Crippen LogP contribution is 2.17. The van der Waals surface area contributed by atoms with Gasteiger partial charge in [0.05, 0.1) is 7.11 Å². The smallest absolute Gasteiger partial charge is 0.328 e. The van der Waals surface area contributed by atoms with Gasteiger partial charge in [-0.25, -0.2) is 4.79 Å². The monoisotopic (exact) mass is 370 g/mol. The number of carbonyl (C=O) groups excluding carboxylic acids is 3. The average molecular weight is 370 g/mol. The van der Waals surface area contributed by atoms with Gasteiger partial charge in [-0.2, -0.15) is 0 Å². The second-order valence-electron chi connectivity index (χ2n) is 6.89. The maximum atomic E-state index is 12.6. The van der Waals surface area contributed by atoms with Crippen LogP contribution in [0.4, 0.5) is 0 Å². The molecule has 0 spiro atoms. The van der Waals surface area contributed by atoms with E-state index in [0.717, 1.165) is 16.3 Å². The SMILES string of the molecule is COC(=O)[C@H](Cc1ccc2ccccc2c1)NC(=O)[C@H](NC(C)=O)C(C)C. The van der Waals surface area contributed by atoms with Gasteiger partial charge in [0, 0.05) is 13.3 Å². The zero-order valence-electron chi connectivity index (χ0n) is 16.1. The third kappa shape index (κ3) is 5.54. The Kier molecular flexibility index (Phi) is 6.93. The van der Waals surface area contributed by atoms with Crippen LogP contribution in [0.5, 0.6) is 0 Å². The van der Waals surface area contributed by atoms with Gasteiger partial charge in [-0.3, -0.25) is 9.59 Å². The van der Waals surface area contributed by atoms with E-state index in [0.29, 0.717) is 6.42 Å². The summed E-state index contributed by atoms with van der Waals surface area (Å²) in [5, 5.41) is 7.51. The molecule has 0 bridgehead atoms. The number of hydrogen-bond donors (Lipinski definition) is 2. The Morgan fingerprint density at radius 1 is 1.00 bits per heavy atom. The van der Waals surface area contributed by atoms with Crippen LogP contribution in [-0.4, -0.2) is 37.0 Å². The van der Waals surface area contributed by atoms with E-state index in [9.17, 15) is 14.4 Å². The van der Waals surface area contributed by atoms with Crippen molar-refractivity contribution in [3.05, 3.63) is 48.0 Å². The van der Waals surface area contributed by atoms with E-state index in [4.69, 9.17) is 4.74 Å². The zero-order valence-corrected chi connectivity index (χ0v) is 16.1. The van der Waals surface area contributed by atoms with Gasteiger partial charge in [-0.05, 0) is 22.3 Å². The summed E-state index contributed by atoms with van der Waals surface area (Å²) < 4.78 is 4.85. The van der Waals surface area contributed by atoms with Crippen LogP contribution in [0.25, 0.3) is 10.8 Å². The Morgan fingerprint density at radius 2 is 1.67 bits per heavy atom. The fraction of sp³-hybridized carbons (Fsp3) is 0.381. The molecule has 0 aromatic heterocycles. The second kappa shape index (κ2) is 9.16. The van der Waals surface area contributed by atoms with Crippen LogP contribution in [0.2, 0.25) is 0 Å². The Balaban J connectivity index is 2.19. The highest BCUT2D eigenvalue weighted by atomic mass is 16.5. The van der Waals surface area contributed by atoms with Crippen LogP contribution in [0.1, 0.15) is 26.3 Å². The third-order valence-corrected chi connectivity index (χ3v) is 4.36. The molecule has 0 heterocycles. The first kappa shape index (κ1) is 20.4. The minimum Gasteiger partial charge on any atom is -0.467 e. The van der Waals surface area contributed by atoms with E-state index in [1.165, 1.54) is 14.0 Å². The molecule has 2 atom stereocenters. The van der Waals surface area contributed by atoms with Crippen molar-refractivity contribution in [1.29, 1.82) is 0 Å². The van der Waals surface area contributed by atoms with Gasteiger partial charge >= 0.3 is 5.97 Å². The standard InChI is InChI=1S/C21H26N2O4/c1-13(2)19(22-14(3)24)20(25)23-18(21(26)27-4)12-15-9-10-16-7-5-6-8-17(16)11-15/h5-11,13,18-19H,12H2,1-4H3,(H,22,24)(H,23,25)/t18-,19+/m0/s1. The molecule has 2 rings (SSSR count). The summed E-state index contributed by atoms with van der Waals surface area (Å²) in [6.07, 6.45) is 0.300. The fourth-order valence-electron chi connectivity index (χ4n) is 2.95. The first-order chi connectivity index (χ1) is 12.8. The van der Waals surface area contributed by atoms with E-state index < -0.39 is 24.0 Å². The number of nitrogens with one attached hydrogen (secondary N) is 2. The number of benzene rings is 2. The largest absolute Gasteiger partial charge is 0.467 e. The number of fused-ring (bicyclic) bond motifs is 1. The Labute approximate surface area is 159 Å². The summed E-state index contributed by atoms with van der Waals surface area (Å²) >= 11 is 0. The highest BCUT2D eigenvalue weighted by molar-refractivity contribution is 5.90. The Hall–Kier alpha value is -2.89. The van der Waals surface area contributed by atoms with Crippen molar-refractivity contribution >= 4 is 28.6 Å². The molecule has 0 fully saturated rings. The van der Waals surface area contributed by atoms with Gasteiger partial charge in [0.1, 0.15) is 12.1 Å². The lowest BCUT2D eigenvalue weighted by Crippen LogP contribution is -2.54. The van der Waals surface area contributed by atoms with Gasteiger partial charge in [0.2, 0.25) is 11.8 Å². The van der Waals surface area contributed by atoms with Crippen molar-refractivity contribution in [2.75, 3.05) is 7.11 Å². The normalized spacial score (nSPS) is 13.1. The molecule has 0 aliphatic carbocycles. The van der Waals surface area contributed by atoms with Gasteiger partial charge in [-0.15, -0.1) is 0 Å². The minimum atomic E-state index is -0.835. The molecule has 0 unspecified atom stereocenters. The molecule has 6 heteroatoms. The zero-order chi connectivity index (χ0) is 20.0. The number of ether oxygens (including phenoxy) is 1. The predicted molar refractivity (Wildman–Crippen MR) is 104 cm³/mol. The molecule has 2 N–H and O–H groups in total. The van der Waals surface area contributed by atoms with E-state index in [1.54, 1.807) is 0 Å². The minimum absolute atomic E-state index is 0.118. The number of rotatable bonds is 7. The number of hydrogen-bond acceptors (Lipinski definition) is 4. The van der Waals surface area contributed by atoms with Crippen molar-refractivity contribution in [2.45, 2.75) is 39.3 Å². The third-order valence-electron chi connectivity index (χ3n) is 4.36. The summed E-state index contributed by atoms with van der Waals surface area (Å²) in [6.45, 7) is 5.02. The molecule has 0 aliphatic rings. The molecule has 6 nitrogen and oxygen atoms in total. The lowest BCUT2D eigenvalue weighted by molar-refractivity contribution is -0.145. The molecule has 0 radical (unpaired) electrons. The number of carbonyl (C=O) groups is 3. The van der Waals surface area contributed by atoms with Crippen LogP contribution in [0, 0.1) is 5.92 Å². The first-order valence-electron chi connectivity index (χ1n) is 8.94. The maximum absolute atomic E-state index is 12.6. The first-order valence-corrected chi connectivity index (χ1v) is 8.94. The molecule has 0 aliphatic heterocycles. The Bertz CT molecular complexity index is 832. The van der Waals surface area contributed by atoms with Crippen LogP contribution < -0.4 is 10.6 Å². The molecular formula is C21H26N2O4. The van der Waals surface area contributed by atoms with E-state index >= 15 is 0 Å². The molecule has 0 saturated carbocycles. The van der Waals surface area contributed by atoms with E-state index in [1.807, 2.05) is 56.3 Å². The van der Waals surface area contributed by atoms with Crippen molar-refractivity contribution in [3.63, 3.8) is 0 Å². The van der Waals surface area contributed by atoms with Crippen LogP contribution >= 0.6 is 0 Å². The molecule has 2 amide bonds.